The van der Waals surface area contributed by atoms with Crippen molar-refractivity contribution >= 4 is 44.7 Å². The van der Waals surface area contributed by atoms with Gasteiger partial charge in [-0.3, -0.25) is 28.9 Å². The van der Waals surface area contributed by atoms with Gasteiger partial charge in [-0.05, 0) is 64.5 Å². The van der Waals surface area contributed by atoms with Crippen LogP contribution in [0.1, 0.15) is 79.7 Å². The fourth-order valence-electron chi connectivity index (χ4n) is 6.96. The van der Waals surface area contributed by atoms with E-state index in [1.165, 1.54) is 35.5 Å². The van der Waals surface area contributed by atoms with Crippen LogP contribution in [0, 0.1) is 25.6 Å². The Morgan fingerprint density at radius 2 is 1.85 bits per heavy atom. The number of carbonyl (C=O) groups excluding carboxylic acids is 4. The zero-order valence-corrected chi connectivity index (χ0v) is 30.2. The van der Waals surface area contributed by atoms with Gasteiger partial charge in [-0.2, -0.15) is 0 Å². The molecule has 1 aromatic carbocycles. The Labute approximate surface area is 305 Å². The second-order valence-electron chi connectivity index (χ2n) is 14.3. The number of nitrogens with one attached hydrogen (secondary N) is 3. The highest BCUT2D eigenvalue weighted by Gasteiger charge is 2.62. The van der Waals surface area contributed by atoms with Gasteiger partial charge >= 0.3 is 0 Å². The number of ether oxygens (including phenoxy) is 1. The molecule has 7 rings (SSSR count). The molecular weight excluding hydrogens is 708 g/mol. The van der Waals surface area contributed by atoms with Gasteiger partial charge in [0.05, 0.1) is 34.7 Å². The van der Waals surface area contributed by atoms with Crippen molar-refractivity contribution in [1.82, 2.24) is 40.2 Å². The first-order valence-corrected chi connectivity index (χ1v) is 19.4. The standard InChI is InChI=1S/C36H41FN8O7S/c1-20-17-39-29(18-38-20)31(46)41-27-9-7-5-3-4-6-8-22-16-36(22,35(49)44-53(50,51)25-11-12-25)43-32(47)30-15-24(19-45(30)34(27)48)52-33-21(2)40-26-13-10-23(37)14-28(26)42-33/h6,8,10,13-14,17-18,22,24-25,27,30H,3-5,7,9,11-12,15-16,19H2,1-2H3,(H,41,46)(H,43,47)(H,44,49)/b8-6-/t22-,24-,27+,30+,36-/m1/s1. The number of carbonyl (C=O) groups is 4. The van der Waals surface area contributed by atoms with Crippen molar-refractivity contribution < 1.29 is 36.7 Å². The molecule has 0 radical (unpaired) electrons. The summed E-state index contributed by atoms with van der Waals surface area (Å²) in [6, 6.07) is 1.79. The van der Waals surface area contributed by atoms with Gasteiger partial charge in [-0.15, -0.1) is 0 Å². The van der Waals surface area contributed by atoms with Crippen molar-refractivity contribution in [2.24, 2.45) is 5.92 Å². The lowest BCUT2D eigenvalue weighted by atomic mass is 10.0. The predicted octanol–water partition coefficient (Wildman–Crippen LogP) is 2.33. The Balaban J connectivity index is 1.19. The quantitative estimate of drug-likeness (QED) is 0.300. The molecule has 2 aromatic heterocycles. The van der Waals surface area contributed by atoms with E-state index in [1.54, 1.807) is 13.8 Å². The van der Waals surface area contributed by atoms with Crippen LogP contribution in [0.4, 0.5) is 4.39 Å². The molecule has 3 fully saturated rings. The molecule has 2 aliphatic heterocycles. The van der Waals surface area contributed by atoms with Gasteiger partial charge in [-0.1, -0.05) is 25.0 Å². The summed E-state index contributed by atoms with van der Waals surface area (Å²) in [6.45, 7) is 3.32. The van der Waals surface area contributed by atoms with E-state index in [-0.39, 0.29) is 42.9 Å². The molecule has 4 aliphatic rings. The van der Waals surface area contributed by atoms with Crippen LogP contribution in [-0.4, -0.2) is 92.4 Å². The van der Waals surface area contributed by atoms with Crippen molar-refractivity contribution in [2.75, 3.05) is 6.54 Å². The number of hydrogen-bond acceptors (Lipinski definition) is 11. The SMILES string of the molecule is Cc1cnc(C(=O)N[C@H]2CCCCC/C=C\[C@@H]3C[C@@]3(C(=O)NS(=O)(=O)C3CC3)NC(=O)[C@@H]3C[C@@H](Oc4nc5cc(F)ccc5nc4C)CN3C2=O)cn1. The molecule has 0 spiro atoms. The Kier molecular flexibility index (Phi) is 9.86. The number of sulfonamides is 1. The maximum Gasteiger partial charge on any atom is 0.272 e. The minimum atomic E-state index is -3.91. The van der Waals surface area contributed by atoms with Gasteiger partial charge < -0.3 is 20.3 Å². The highest BCUT2D eigenvalue weighted by Crippen LogP contribution is 2.46. The summed E-state index contributed by atoms with van der Waals surface area (Å²) in [5.41, 5.74) is 0.235. The van der Waals surface area contributed by atoms with Crippen LogP contribution >= 0.6 is 0 Å². The van der Waals surface area contributed by atoms with E-state index in [4.69, 9.17) is 4.74 Å². The van der Waals surface area contributed by atoms with Gasteiger partial charge in [-0.25, -0.2) is 27.8 Å². The Morgan fingerprint density at radius 1 is 1.04 bits per heavy atom. The summed E-state index contributed by atoms with van der Waals surface area (Å²) in [5, 5.41) is 4.98. The van der Waals surface area contributed by atoms with E-state index in [0.717, 1.165) is 12.8 Å². The minimum Gasteiger partial charge on any atom is -0.471 e. The highest BCUT2D eigenvalue weighted by atomic mass is 32.2. The Bertz CT molecular complexity index is 2090. The van der Waals surface area contributed by atoms with E-state index in [9.17, 15) is 32.0 Å². The fourth-order valence-corrected chi connectivity index (χ4v) is 8.32. The van der Waals surface area contributed by atoms with Crippen LogP contribution in [0.2, 0.25) is 0 Å². The smallest absolute Gasteiger partial charge is 0.272 e. The van der Waals surface area contributed by atoms with Crippen LogP contribution in [0.25, 0.3) is 11.0 Å². The van der Waals surface area contributed by atoms with Gasteiger partial charge in [0.1, 0.15) is 40.9 Å². The first-order chi connectivity index (χ1) is 25.3. The highest BCUT2D eigenvalue weighted by molar-refractivity contribution is 7.91. The number of rotatable bonds is 7. The topological polar surface area (TPSA) is 203 Å². The molecule has 2 saturated carbocycles. The van der Waals surface area contributed by atoms with Gasteiger partial charge in [0, 0.05) is 24.6 Å². The molecule has 0 bridgehead atoms. The van der Waals surface area contributed by atoms with Gasteiger partial charge in [0.15, 0.2) is 0 Å². The normalized spacial score (nSPS) is 27.0. The predicted molar refractivity (Wildman–Crippen MR) is 188 cm³/mol. The fraction of sp³-hybridized carbons (Fsp3) is 0.500. The molecule has 5 atom stereocenters. The molecule has 0 unspecified atom stereocenters. The molecule has 3 N–H and O–H groups in total. The number of benzene rings is 1. The molecule has 4 amide bonds. The first kappa shape index (κ1) is 36.3. The Hall–Kier alpha value is -5.06. The third-order valence-electron chi connectivity index (χ3n) is 10.2. The number of fused-ring (bicyclic) bond motifs is 3. The van der Waals surface area contributed by atoms with E-state index < -0.39 is 74.4 Å². The molecular formula is C36H41FN8O7S. The van der Waals surface area contributed by atoms with Crippen molar-refractivity contribution in [1.29, 1.82) is 0 Å². The molecule has 15 nitrogen and oxygen atoms in total. The van der Waals surface area contributed by atoms with Crippen molar-refractivity contribution in [3.8, 4) is 5.88 Å². The molecule has 4 heterocycles. The Morgan fingerprint density at radius 3 is 2.60 bits per heavy atom. The molecule has 2 aliphatic carbocycles. The molecule has 53 heavy (non-hydrogen) atoms. The summed E-state index contributed by atoms with van der Waals surface area (Å²) in [6.07, 6.45) is 9.84. The third-order valence-corrected chi connectivity index (χ3v) is 12.0. The number of nitrogens with zero attached hydrogens (tertiary/aromatic N) is 5. The monoisotopic (exact) mass is 748 g/mol. The third kappa shape index (κ3) is 7.84. The van der Waals surface area contributed by atoms with Gasteiger partial charge in [0.25, 0.3) is 11.8 Å². The largest absolute Gasteiger partial charge is 0.471 e. The van der Waals surface area contributed by atoms with Crippen LogP contribution < -0.4 is 20.1 Å². The number of hydrogen-bond donors (Lipinski definition) is 3. The zero-order chi connectivity index (χ0) is 37.5. The first-order valence-electron chi connectivity index (χ1n) is 17.9. The lowest BCUT2D eigenvalue weighted by Gasteiger charge is -2.29. The summed E-state index contributed by atoms with van der Waals surface area (Å²) in [7, 11) is -3.91. The minimum absolute atomic E-state index is 0.0250. The van der Waals surface area contributed by atoms with Gasteiger partial charge in [0.2, 0.25) is 27.7 Å². The van der Waals surface area contributed by atoms with Crippen LogP contribution in [0.5, 0.6) is 5.88 Å². The molecule has 280 valence electrons. The van der Waals surface area contributed by atoms with E-state index >= 15 is 0 Å². The maximum atomic E-state index is 14.5. The molecule has 17 heteroatoms. The zero-order valence-electron chi connectivity index (χ0n) is 29.4. The lowest BCUT2D eigenvalue weighted by molar-refractivity contribution is -0.141. The average Bonchev–Trinajstić information content (AvgIpc) is 4.04. The summed E-state index contributed by atoms with van der Waals surface area (Å²) >= 11 is 0. The van der Waals surface area contributed by atoms with Crippen LogP contribution in [0.15, 0.2) is 42.7 Å². The van der Waals surface area contributed by atoms with Crippen molar-refractivity contribution in [3.05, 3.63) is 65.6 Å². The number of aryl methyl sites for hydroxylation is 2. The molecule has 1 saturated heterocycles. The summed E-state index contributed by atoms with van der Waals surface area (Å²) in [5.74, 6) is -3.50. The second kappa shape index (κ2) is 14.4. The number of halogens is 1. The van der Waals surface area contributed by atoms with Crippen LogP contribution in [-0.2, 0) is 24.4 Å². The van der Waals surface area contributed by atoms with Crippen molar-refractivity contribution in [3.63, 3.8) is 0 Å². The number of amides is 4. The van der Waals surface area contributed by atoms with Crippen LogP contribution in [0.3, 0.4) is 0 Å². The number of allylic oxidation sites excluding steroid dienone is 1. The molecule has 3 aromatic rings. The maximum absolute atomic E-state index is 14.5. The summed E-state index contributed by atoms with van der Waals surface area (Å²) in [4.78, 5) is 74.3. The van der Waals surface area contributed by atoms with E-state index in [2.05, 4.69) is 35.3 Å². The van der Waals surface area contributed by atoms with E-state index in [0.29, 0.717) is 42.6 Å². The average molecular weight is 749 g/mol. The number of aromatic nitrogens is 4. The lowest BCUT2D eigenvalue weighted by Crippen LogP contribution is -2.58. The second-order valence-corrected chi connectivity index (χ2v) is 16.3. The van der Waals surface area contributed by atoms with E-state index in [1.807, 2.05) is 12.2 Å². The summed E-state index contributed by atoms with van der Waals surface area (Å²) < 4.78 is 48.1. The van der Waals surface area contributed by atoms with Crippen molar-refractivity contribution in [2.45, 2.75) is 101 Å².